The summed E-state index contributed by atoms with van der Waals surface area (Å²) in [6, 6.07) is 0. The van der Waals surface area contributed by atoms with E-state index in [2.05, 4.69) is 15.3 Å². The SMILES string of the molecule is CCCNc1nc(C)nc(OCCCC(F)(F)F)c1C. The first-order valence-electron chi connectivity index (χ1n) is 6.62. The lowest BCUT2D eigenvalue weighted by Crippen LogP contribution is -2.12. The molecule has 0 fully saturated rings. The molecule has 20 heavy (non-hydrogen) atoms. The van der Waals surface area contributed by atoms with Gasteiger partial charge in [0.2, 0.25) is 5.88 Å². The molecule has 0 aliphatic rings. The lowest BCUT2D eigenvalue weighted by molar-refractivity contribution is -0.136. The van der Waals surface area contributed by atoms with Crippen molar-refractivity contribution in [2.24, 2.45) is 0 Å². The molecule has 1 aromatic rings. The number of halogens is 3. The maximum atomic E-state index is 12.0. The van der Waals surface area contributed by atoms with E-state index in [4.69, 9.17) is 4.74 Å². The van der Waals surface area contributed by atoms with Gasteiger partial charge in [0, 0.05) is 13.0 Å². The average molecular weight is 291 g/mol. The molecule has 7 heteroatoms. The number of aromatic nitrogens is 2. The zero-order valence-electron chi connectivity index (χ0n) is 12.0. The fourth-order valence-electron chi connectivity index (χ4n) is 1.60. The Hall–Kier alpha value is -1.53. The second-order valence-electron chi connectivity index (χ2n) is 4.54. The van der Waals surface area contributed by atoms with E-state index in [-0.39, 0.29) is 13.0 Å². The Morgan fingerprint density at radius 3 is 2.50 bits per heavy atom. The Morgan fingerprint density at radius 1 is 1.20 bits per heavy atom. The number of ether oxygens (including phenoxy) is 1. The molecule has 0 radical (unpaired) electrons. The molecule has 0 bridgehead atoms. The third-order valence-electron chi connectivity index (χ3n) is 2.60. The van der Waals surface area contributed by atoms with Gasteiger partial charge in [-0.05, 0) is 26.7 Å². The molecule has 114 valence electrons. The zero-order chi connectivity index (χ0) is 15.2. The van der Waals surface area contributed by atoms with Crippen LogP contribution >= 0.6 is 0 Å². The van der Waals surface area contributed by atoms with Crippen LogP contribution in [0.1, 0.15) is 37.6 Å². The number of alkyl halides is 3. The monoisotopic (exact) mass is 291 g/mol. The Kier molecular flexibility index (Phi) is 6.04. The molecular weight excluding hydrogens is 271 g/mol. The van der Waals surface area contributed by atoms with Gasteiger partial charge >= 0.3 is 6.18 Å². The number of hydrogen-bond donors (Lipinski definition) is 1. The average Bonchev–Trinajstić information content (AvgIpc) is 2.35. The third-order valence-corrected chi connectivity index (χ3v) is 2.60. The zero-order valence-corrected chi connectivity index (χ0v) is 12.0. The first-order valence-corrected chi connectivity index (χ1v) is 6.62. The molecule has 0 unspecified atom stereocenters. The number of nitrogens with zero attached hydrogens (tertiary/aromatic N) is 2. The topological polar surface area (TPSA) is 47.0 Å². The van der Waals surface area contributed by atoms with Crippen molar-refractivity contribution in [1.29, 1.82) is 0 Å². The Labute approximate surface area is 116 Å². The molecule has 0 atom stereocenters. The highest BCUT2D eigenvalue weighted by Gasteiger charge is 2.26. The van der Waals surface area contributed by atoms with Crippen LogP contribution in [-0.2, 0) is 0 Å². The van der Waals surface area contributed by atoms with E-state index in [1.54, 1.807) is 13.8 Å². The first-order chi connectivity index (χ1) is 9.33. The minimum Gasteiger partial charge on any atom is -0.477 e. The van der Waals surface area contributed by atoms with Crippen LogP contribution in [0.4, 0.5) is 19.0 Å². The molecule has 1 aromatic heterocycles. The second kappa shape index (κ2) is 7.31. The van der Waals surface area contributed by atoms with Crippen LogP contribution in [-0.4, -0.2) is 29.3 Å². The molecule has 0 saturated heterocycles. The standard InChI is InChI=1S/C13H20F3N3O/c1-4-7-17-11-9(2)12(19-10(3)18-11)20-8-5-6-13(14,15)16/h4-8H2,1-3H3,(H,17,18,19). The van der Waals surface area contributed by atoms with E-state index < -0.39 is 12.6 Å². The Bertz CT molecular complexity index is 436. The Morgan fingerprint density at radius 2 is 1.90 bits per heavy atom. The molecule has 0 amide bonds. The largest absolute Gasteiger partial charge is 0.477 e. The first kappa shape index (κ1) is 16.5. The minimum atomic E-state index is -4.15. The van der Waals surface area contributed by atoms with Crippen LogP contribution in [0.5, 0.6) is 5.88 Å². The van der Waals surface area contributed by atoms with Crippen molar-refractivity contribution in [2.75, 3.05) is 18.5 Å². The number of hydrogen-bond acceptors (Lipinski definition) is 4. The van der Waals surface area contributed by atoms with Gasteiger partial charge < -0.3 is 10.1 Å². The third kappa shape index (κ3) is 5.63. The van der Waals surface area contributed by atoms with Crippen molar-refractivity contribution in [1.82, 2.24) is 9.97 Å². The molecule has 0 aliphatic heterocycles. The summed E-state index contributed by atoms with van der Waals surface area (Å²) in [5.74, 6) is 1.54. The van der Waals surface area contributed by atoms with Gasteiger partial charge in [-0.3, -0.25) is 0 Å². The lowest BCUT2D eigenvalue weighted by Gasteiger charge is -2.13. The van der Waals surface area contributed by atoms with Gasteiger partial charge in [0.25, 0.3) is 0 Å². The van der Waals surface area contributed by atoms with Crippen LogP contribution in [0.15, 0.2) is 0 Å². The van der Waals surface area contributed by atoms with Crippen molar-refractivity contribution in [3.8, 4) is 5.88 Å². The normalized spacial score (nSPS) is 11.5. The van der Waals surface area contributed by atoms with Gasteiger partial charge in [-0.2, -0.15) is 18.2 Å². The molecule has 0 saturated carbocycles. The molecule has 1 heterocycles. The summed E-state index contributed by atoms with van der Waals surface area (Å²) in [6.45, 7) is 6.30. The summed E-state index contributed by atoms with van der Waals surface area (Å²) < 4.78 is 41.5. The summed E-state index contributed by atoms with van der Waals surface area (Å²) >= 11 is 0. The summed E-state index contributed by atoms with van der Waals surface area (Å²) in [7, 11) is 0. The van der Waals surface area contributed by atoms with E-state index in [1.165, 1.54) is 0 Å². The highest BCUT2D eigenvalue weighted by atomic mass is 19.4. The predicted octanol–water partition coefficient (Wildman–Crippen LogP) is 3.64. The van der Waals surface area contributed by atoms with Crippen molar-refractivity contribution < 1.29 is 17.9 Å². The quantitative estimate of drug-likeness (QED) is 0.779. The van der Waals surface area contributed by atoms with Gasteiger partial charge in [0.15, 0.2) is 0 Å². The van der Waals surface area contributed by atoms with Crippen molar-refractivity contribution in [3.63, 3.8) is 0 Å². The highest BCUT2D eigenvalue weighted by Crippen LogP contribution is 2.24. The van der Waals surface area contributed by atoms with Crippen LogP contribution in [0.3, 0.4) is 0 Å². The maximum Gasteiger partial charge on any atom is 0.389 e. The fraction of sp³-hybridized carbons (Fsp3) is 0.692. The molecule has 4 nitrogen and oxygen atoms in total. The molecular formula is C13H20F3N3O. The van der Waals surface area contributed by atoms with Gasteiger partial charge in [0.05, 0.1) is 12.2 Å². The fourth-order valence-corrected chi connectivity index (χ4v) is 1.60. The van der Waals surface area contributed by atoms with Crippen molar-refractivity contribution in [2.45, 2.75) is 46.2 Å². The predicted molar refractivity (Wildman–Crippen MR) is 71.1 cm³/mol. The molecule has 0 aliphatic carbocycles. The molecule has 0 spiro atoms. The van der Waals surface area contributed by atoms with Crippen LogP contribution in [0.25, 0.3) is 0 Å². The molecule has 1 N–H and O–H groups in total. The number of aryl methyl sites for hydroxylation is 1. The van der Waals surface area contributed by atoms with Crippen LogP contribution in [0.2, 0.25) is 0 Å². The van der Waals surface area contributed by atoms with E-state index >= 15 is 0 Å². The van der Waals surface area contributed by atoms with Crippen LogP contribution in [0, 0.1) is 13.8 Å². The number of rotatable bonds is 7. The van der Waals surface area contributed by atoms with Gasteiger partial charge in [0.1, 0.15) is 11.6 Å². The van der Waals surface area contributed by atoms with E-state index in [0.29, 0.717) is 17.5 Å². The molecule has 1 rings (SSSR count). The van der Waals surface area contributed by atoms with Crippen LogP contribution < -0.4 is 10.1 Å². The van der Waals surface area contributed by atoms with Gasteiger partial charge in [-0.15, -0.1) is 0 Å². The number of anilines is 1. The highest BCUT2D eigenvalue weighted by molar-refractivity contribution is 5.48. The maximum absolute atomic E-state index is 12.0. The van der Waals surface area contributed by atoms with E-state index in [9.17, 15) is 13.2 Å². The summed E-state index contributed by atoms with van der Waals surface area (Å²) in [5.41, 5.74) is 0.719. The minimum absolute atomic E-state index is 0.00990. The summed E-state index contributed by atoms with van der Waals surface area (Å²) in [6.07, 6.45) is -4.13. The van der Waals surface area contributed by atoms with Crippen molar-refractivity contribution >= 4 is 5.82 Å². The van der Waals surface area contributed by atoms with E-state index in [0.717, 1.165) is 18.5 Å². The molecule has 0 aromatic carbocycles. The summed E-state index contributed by atoms with van der Waals surface area (Å²) in [5, 5.41) is 3.15. The van der Waals surface area contributed by atoms with E-state index in [1.807, 2.05) is 6.92 Å². The lowest BCUT2D eigenvalue weighted by atomic mass is 10.3. The van der Waals surface area contributed by atoms with Gasteiger partial charge in [-0.25, -0.2) is 4.98 Å². The number of nitrogens with one attached hydrogen (secondary N) is 1. The Balaban J connectivity index is 2.63. The van der Waals surface area contributed by atoms with Crippen molar-refractivity contribution in [3.05, 3.63) is 11.4 Å². The second-order valence-corrected chi connectivity index (χ2v) is 4.54. The van der Waals surface area contributed by atoms with Gasteiger partial charge in [-0.1, -0.05) is 6.92 Å². The smallest absolute Gasteiger partial charge is 0.389 e. The summed E-state index contributed by atoms with van der Waals surface area (Å²) in [4.78, 5) is 8.38.